The molecule has 0 radical (unpaired) electrons. The Bertz CT molecular complexity index is 1680. The van der Waals surface area contributed by atoms with Gasteiger partial charge in [-0.2, -0.15) is 0 Å². The SMILES string of the molecule is COC(=O)[C@H](C)NC(=O)[C@@H](Cc1c(I)n(C(=O)OCc2ccccc2)c2ccccc12)N1C(=O)c2ccccc2C1=O. The molecular weight excluding hydrogens is 653 g/mol. The molecule has 0 saturated heterocycles. The zero-order valence-electron chi connectivity index (χ0n) is 22.7. The van der Waals surface area contributed by atoms with Crippen molar-refractivity contribution in [1.82, 2.24) is 14.8 Å². The van der Waals surface area contributed by atoms with Gasteiger partial charge in [0.25, 0.3) is 11.8 Å². The van der Waals surface area contributed by atoms with Crippen LogP contribution in [0.2, 0.25) is 0 Å². The number of halogens is 1. The maximum Gasteiger partial charge on any atom is 0.419 e. The average molecular weight is 679 g/mol. The van der Waals surface area contributed by atoms with E-state index in [-0.39, 0.29) is 24.2 Å². The molecule has 3 amide bonds. The van der Waals surface area contributed by atoms with Gasteiger partial charge in [0.2, 0.25) is 5.91 Å². The van der Waals surface area contributed by atoms with Gasteiger partial charge in [0.05, 0.1) is 27.5 Å². The van der Waals surface area contributed by atoms with Crippen LogP contribution in [0.1, 0.15) is 38.8 Å². The summed E-state index contributed by atoms with van der Waals surface area (Å²) in [5.74, 6) is -2.65. The molecule has 10 nitrogen and oxygen atoms in total. The lowest BCUT2D eigenvalue weighted by Crippen LogP contribution is -2.53. The topological polar surface area (TPSA) is 124 Å². The number of aromatic nitrogens is 1. The highest BCUT2D eigenvalue weighted by Crippen LogP contribution is 2.32. The third-order valence-electron chi connectivity index (χ3n) is 7.05. The van der Waals surface area contributed by atoms with Crippen molar-refractivity contribution in [2.45, 2.75) is 32.0 Å². The van der Waals surface area contributed by atoms with E-state index in [1.165, 1.54) is 30.7 Å². The summed E-state index contributed by atoms with van der Waals surface area (Å²) in [5, 5.41) is 3.22. The highest BCUT2D eigenvalue weighted by atomic mass is 127. The molecule has 1 aliphatic rings. The van der Waals surface area contributed by atoms with Crippen molar-refractivity contribution in [3.05, 3.63) is 105 Å². The molecule has 0 unspecified atom stereocenters. The second-order valence-electron chi connectivity index (χ2n) is 9.66. The van der Waals surface area contributed by atoms with Gasteiger partial charge in [-0.05, 0) is 58.8 Å². The largest absolute Gasteiger partial charge is 0.467 e. The Labute approximate surface area is 254 Å². The second kappa shape index (κ2) is 12.1. The molecule has 11 heteroatoms. The lowest BCUT2D eigenvalue weighted by atomic mass is 10.0. The number of benzene rings is 3. The van der Waals surface area contributed by atoms with Crippen LogP contribution < -0.4 is 5.32 Å². The van der Waals surface area contributed by atoms with E-state index in [2.05, 4.69) is 5.32 Å². The molecule has 0 spiro atoms. The average Bonchev–Trinajstić information content (AvgIpc) is 3.43. The van der Waals surface area contributed by atoms with Gasteiger partial charge in [-0.25, -0.2) is 14.2 Å². The minimum atomic E-state index is -1.34. The van der Waals surface area contributed by atoms with Gasteiger partial charge in [0.1, 0.15) is 18.7 Å². The van der Waals surface area contributed by atoms with Crippen LogP contribution in [0, 0.1) is 3.70 Å². The number of fused-ring (bicyclic) bond motifs is 2. The predicted molar refractivity (Wildman–Crippen MR) is 161 cm³/mol. The molecule has 0 fully saturated rings. The molecule has 214 valence electrons. The summed E-state index contributed by atoms with van der Waals surface area (Å²) in [6, 6.07) is 20.3. The third kappa shape index (κ3) is 5.39. The fourth-order valence-corrected chi connectivity index (χ4v) is 5.93. The van der Waals surface area contributed by atoms with E-state index in [4.69, 9.17) is 9.47 Å². The molecule has 2 atom stereocenters. The Morgan fingerprint density at radius 2 is 1.48 bits per heavy atom. The minimum Gasteiger partial charge on any atom is -0.467 e. The first-order chi connectivity index (χ1) is 20.2. The molecule has 5 rings (SSSR count). The van der Waals surface area contributed by atoms with Crippen LogP contribution in [0.5, 0.6) is 0 Å². The third-order valence-corrected chi connectivity index (χ3v) is 8.19. The van der Waals surface area contributed by atoms with Gasteiger partial charge < -0.3 is 14.8 Å². The lowest BCUT2D eigenvalue weighted by Gasteiger charge is -2.26. The number of nitrogens with zero attached hydrogens (tertiary/aromatic N) is 2. The van der Waals surface area contributed by atoms with Crippen LogP contribution in [0.3, 0.4) is 0 Å². The van der Waals surface area contributed by atoms with E-state index >= 15 is 0 Å². The summed E-state index contributed by atoms with van der Waals surface area (Å²) >= 11 is 2.00. The summed E-state index contributed by atoms with van der Waals surface area (Å²) in [4.78, 5) is 66.9. The molecule has 4 aromatic rings. The van der Waals surface area contributed by atoms with Crippen molar-refractivity contribution in [3.63, 3.8) is 0 Å². The number of hydrogen-bond donors (Lipinski definition) is 1. The summed E-state index contributed by atoms with van der Waals surface area (Å²) in [5.41, 5.74) is 2.29. The maximum atomic E-state index is 13.7. The van der Waals surface area contributed by atoms with E-state index in [9.17, 15) is 24.0 Å². The number of esters is 1. The zero-order valence-corrected chi connectivity index (χ0v) is 24.9. The van der Waals surface area contributed by atoms with Crippen molar-refractivity contribution >= 4 is 63.3 Å². The van der Waals surface area contributed by atoms with Crippen molar-refractivity contribution < 1.29 is 33.4 Å². The summed E-state index contributed by atoms with van der Waals surface area (Å²) in [7, 11) is 1.20. The Morgan fingerprint density at radius 3 is 2.12 bits per heavy atom. The van der Waals surface area contributed by atoms with Crippen LogP contribution in [0.25, 0.3) is 10.9 Å². The van der Waals surface area contributed by atoms with Crippen LogP contribution in [-0.2, 0) is 32.1 Å². The number of nitrogens with one attached hydrogen (secondary N) is 1. The highest BCUT2D eigenvalue weighted by molar-refractivity contribution is 14.1. The molecule has 1 aromatic heterocycles. The Morgan fingerprint density at radius 1 is 0.881 bits per heavy atom. The van der Waals surface area contributed by atoms with Crippen molar-refractivity contribution in [2.24, 2.45) is 0 Å². The normalized spacial score (nSPS) is 13.9. The van der Waals surface area contributed by atoms with Gasteiger partial charge >= 0.3 is 12.1 Å². The van der Waals surface area contributed by atoms with E-state index in [1.807, 2.05) is 52.9 Å². The number of ether oxygens (including phenoxy) is 2. The molecular formula is C31H26IN3O7. The maximum absolute atomic E-state index is 13.7. The molecule has 0 bridgehead atoms. The number of imide groups is 1. The summed E-state index contributed by atoms with van der Waals surface area (Å²) in [6.45, 7) is 1.50. The molecule has 3 aromatic carbocycles. The highest BCUT2D eigenvalue weighted by Gasteiger charge is 2.44. The summed E-state index contributed by atoms with van der Waals surface area (Å²) < 4.78 is 12.2. The quantitative estimate of drug-likeness (QED) is 0.167. The van der Waals surface area contributed by atoms with Gasteiger partial charge in [-0.1, -0.05) is 60.7 Å². The number of para-hydroxylation sites is 1. The number of methoxy groups -OCH3 is 1. The lowest BCUT2D eigenvalue weighted by molar-refractivity contribution is -0.145. The number of carbonyl (C=O) groups is 5. The van der Waals surface area contributed by atoms with E-state index in [0.717, 1.165) is 10.5 Å². The standard InChI is InChI=1S/C31H26IN3O7/c1-18(30(39)41-2)33-27(36)25(35-28(37)21-13-6-7-14-22(21)29(35)38)16-23-20-12-8-9-15-24(20)34(26(23)32)31(40)42-17-19-10-4-3-5-11-19/h3-15,18,25H,16-17H2,1-2H3,(H,33,36)/t18-,25+/m0/s1. The Kier molecular flexibility index (Phi) is 8.39. The van der Waals surface area contributed by atoms with Crippen LogP contribution >= 0.6 is 22.6 Å². The molecule has 42 heavy (non-hydrogen) atoms. The van der Waals surface area contributed by atoms with Crippen molar-refractivity contribution in [1.29, 1.82) is 0 Å². The van der Waals surface area contributed by atoms with Gasteiger partial charge in [0.15, 0.2) is 0 Å². The first-order valence-corrected chi connectivity index (χ1v) is 14.1. The Hall–Kier alpha value is -4.52. The fraction of sp³-hybridized carbons (Fsp3) is 0.194. The predicted octanol–water partition coefficient (Wildman–Crippen LogP) is 4.32. The van der Waals surface area contributed by atoms with Gasteiger partial charge in [0, 0.05) is 11.8 Å². The van der Waals surface area contributed by atoms with Crippen molar-refractivity contribution in [2.75, 3.05) is 7.11 Å². The number of carbonyl (C=O) groups excluding carboxylic acids is 5. The minimum absolute atomic E-state index is 0.0586. The molecule has 1 N–H and O–H groups in total. The molecule has 1 aliphatic heterocycles. The summed E-state index contributed by atoms with van der Waals surface area (Å²) in [6.07, 6.45) is -0.741. The fourth-order valence-electron chi connectivity index (χ4n) is 4.96. The van der Waals surface area contributed by atoms with Crippen molar-refractivity contribution in [3.8, 4) is 0 Å². The van der Waals surface area contributed by atoms with E-state index in [0.29, 0.717) is 20.2 Å². The van der Waals surface area contributed by atoms with Crippen LogP contribution in [-0.4, -0.2) is 58.4 Å². The number of hydrogen-bond acceptors (Lipinski definition) is 7. The van der Waals surface area contributed by atoms with Gasteiger partial charge in [-0.3, -0.25) is 19.3 Å². The zero-order chi connectivity index (χ0) is 30.0. The molecule has 2 heterocycles. The van der Waals surface area contributed by atoms with E-state index < -0.39 is 41.9 Å². The van der Waals surface area contributed by atoms with Gasteiger partial charge in [-0.15, -0.1) is 0 Å². The van der Waals surface area contributed by atoms with Crippen LogP contribution in [0.4, 0.5) is 4.79 Å². The first kappa shape index (κ1) is 29.0. The second-order valence-corrected chi connectivity index (χ2v) is 10.7. The molecule has 0 saturated carbocycles. The Balaban J connectivity index is 1.53. The molecule has 0 aliphatic carbocycles. The number of rotatable bonds is 8. The number of amides is 3. The van der Waals surface area contributed by atoms with Crippen LogP contribution in [0.15, 0.2) is 78.9 Å². The smallest absolute Gasteiger partial charge is 0.419 e. The monoisotopic (exact) mass is 679 g/mol. The first-order valence-electron chi connectivity index (χ1n) is 13.1. The van der Waals surface area contributed by atoms with E-state index in [1.54, 1.807) is 36.4 Å².